The molecule has 0 atom stereocenters. The Morgan fingerprint density at radius 2 is 2.42 bits per heavy atom. The van der Waals surface area contributed by atoms with Crippen molar-refractivity contribution < 1.29 is 13.7 Å². The SMILES string of the molecule is O=Cc1nc(C2(CF)CC2)no1. The second-order valence-corrected chi connectivity index (χ2v) is 2.99. The zero-order valence-corrected chi connectivity index (χ0v) is 6.29. The van der Waals surface area contributed by atoms with E-state index in [2.05, 4.69) is 14.7 Å². The van der Waals surface area contributed by atoms with Crippen LogP contribution in [-0.2, 0) is 5.41 Å². The summed E-state index contributed by atoms with van der Waals surface area (Å²) in [6, 6.07) is 0. The molecule has 0 bridgehead atoms. The molecule has 0 N–H and O–H groups in total. The largest absolute Gasteiger partial charge is 0.331 e. The molecule has 5 heteroatoms. The van der Waals surface area contributed by atoms with Crippen molar-refractivity contribution in [1.29, 1.82) is 0 Å². The number of carbonyl (C=O) groups excluding carboxylic acids is 1. The lowest BCUT2D eigenvalue weighted by molar-refractivity contribution is 0.108. The number of halogens is 1. The highest BCUT2D eigenvalue weighted by molar-refractivity contribution is 5.67. The molecule has 1 saturated carbocycles. The molecule has 1 aliphatic rings. The standard InChI is InChI=1S/C7H7FN2O2/c8-4-7(1-2-7)6-9-5(3-11)12-10-6/h3H,1-2,4H2. The summed E-state index contributed by atoms with van der Waals surface area (Å²) in [6.45, 7) is -0.481. The van der Waals surface area contributed by atoms with Gasteiger partial charge in [0.1, 0.15) is 6.67 Å². The van der Waals surface area contributed by atoms with Gasteiger partial charge in [0.05, 0.1) is 5.41 Å². The Bertz CT molecular complexity index is 306. The van der Waals surface area contributed by atoms with E-state index in [0.29, 0.717) is 12.1 Å². The smallest absolute Gasteiger partial charge is 0.290 e. The Labute approximate surface area is 67.8 Å². The number of nitrogens with zero attached hydrogens (tertiary/aromatic N) is 2. The molecule has 1 fully saturated rings. The first-order valence-electron chi connectivity index (χ1n) is 3.66. The lowest BCUT2D eigenvalue weighted by Crippen LogP contribution is -2.10. The summed E-state index contributed by atoms with van der Waals surface area (Å²) in [5.74, 6) is 0.247. The Kier molecular flexibility index (Phi) is 1.46. The quantitative estimate of drug-likeness (QED) is 0.632. The summed E-state index contributed by atoms with van der Waals surface area (Å²) in [5.41, 5.74) is -0.537. The Morgan fingerprint density at radius 3 is 2.83 bits per heavy atom. The highest BCUT2D eigenvalue weighted by Gasteiger charge is 2.48. The number of carbonyl (C=O) groups is 1. The van der Waals surface area contributed by atoms with E-state index in [9.17, 15) is 9.18 Å². The third-order valence-corrected chi connectivity index (χ3v) is 2.13. The first-order valence-corrected chi connectivity index (χ1v) is 3.66. The zero-order valence-electron chi connectivity index (χ0n) is 6.29. The van der Waals surface area contributed by atoms with Crippen LogP contribution in [0.5, 0.6) is 0 Å². The molecule has 0 spiro atoms. The van der Waals surface area contributed by atoms with E-state index >= 15 is 0 Å². The normalized spacial score (nSPS) is 19.1. The highest BCUT2D eigenvalue weighted by atomic mass is 19.1. The van der Waals surface area contributed by atoms with E-state index in [1.165, 1.54) is 0 Å². The van der Waals surface area contributed by atoms with Crippen LogP contribution in [0.3, 0.4) is 0 Å². The van der Waals surface area contributed by atoms with Crippen molar-refractivity contribution in [2.24, 2.45) is 0 Å². The molecule has 0 saturated heterocycles. The van der Waals surface area contributed by atoms with E-state index in [0.717, 1.165) is 12.8 Å². The topological polar surface area (TPSA) is 56.0 Å². The molecule has 4 nitrogen and oxygen atoms in total. The van der Waals surface area contributed by atoms with Gasteiger partial charge in [-0.1, -0.05) is 5.16 Å². The van der Waals surface area contributed by atoms with E-state index in [4.69, 9.17) is 0 Å². The van der Waals surface area contributed by atoms with Gasteiger partial charge in [-0.15, -0.1) is 0 Å². The summed E-state index contributed by atoms with van der Waals surface area (Å²) >= 11 is 0. The number of alkyl halides is 1. The number of hydrogen-bond donors (Lipinski definition) is 0. The minimum Gasteiger partial charge on any atom is -0.331 e. The van der Waals surface area contributed by atoms with Crippen molar-refractivity contribution in [2.45, 2.75) is 18.3 Å². The van der Waals surface area contributed by atoms with Crippen LogP contribution in [0.2, 0.25) is 0 Å². The predicted molar refractivity (Wildman–Crippen MR) is 36.6 cm³/mol. The summed E-state index contributed by atoms with van der Waals surface area (Å²) < 4.78 is 17.0. The zero-order chi connectivity index (χ0) is 8.60. The van der Waals surface area contributed by atoms with Gasteiger partial charge in [-0.25, -0.2) is 4.39 Å². The van der Waals surface area contributed by atoms with Gasteiger partial charge in [-0.3, -0.25) is 4.79 Å². The van der Waals surface area contributed by atoms with Crippen molar-refractivity contribution in [3.8, 4) is 0 Å². The summed E-state index contributed by atoms with van der Waals surface area (Å²) in [5, 5.41) is 3.53. The third-order valence-electron chi connectivity index (χ3n) is 2.13. The van der Waals surface area contributed by atoms with Crippen LogP contribution in [-0.4, -0.2) is 23.1 Å². The maximum atomic E-state index is 12.4. The molecule has 0 unspecified atom stereocenters. The maximum absolute atomic E-state index is 12.4. The van der Waals surface area contributed by atoms with Gasteiger partial charge in [0.15, 0.2) is 5.82 Å². The molecule has 0 radical (unpaired) electrons. The molecule has 12 heavy (non-hydrogen) atoms. The van der Waals surface area contributed by atoms with Gasteiger partial charge < -0.3 is 4.52 Å². The van der Waals surface area contributed by atoms with Crippen LogP contribution < -0.4 is 0 Å². The molecular weight excluding hydrogens is 163 g/mol. The minimum absolute atomic E-state index is 0.0790. The Hall–Kier alpha value is -1.26. The number of hydrogen-bond acceptors (Lipinski definition) is 4. The summed E-state index contributed by atoms with van der Waals surface area (Å²) in [7, 11) is 0. The van der Waals surface area contributed by atoms with Crippen LogP contribution in [0.15, 0.2) is 4.52 Å². The third kappa shape index (κ3) is 0.929. The van der Waals surface area contributed by atoms with Gasteiger partial charge in [0.2, 0.25) is 6.29 Å². The molecule has 0 aromatic carbocycles. The molecule has 1 aromatic rings. The van der Waals surface area contributed by atoms with Crippen molar-refractivity contribution in [2.75, 3.05) is 6.67 Å². The lowest BCUT2D eigenvalue weighted by atomic mass is 10.1. The Morgan fingerprint density at radius 1 is 1.67 bits per heavy atom. The number of aromatic nitrogens is 2. The van der Waals surface area contributed by atoms with Gasteiger partial charge in [-0.05, 0) is 12.8 Å². The molecule has 1 heterocycles. The van der Waals surface area contributed by atoms with Crippen LogP contribution in [0.1, 0.15) is 29.4 Å². The van der Waals surface area contributed by atoms with Gasteiger partial charge in [0, 0.05) is 0 Å². The van der Waals surface area contributed by atoms with Gasteiger partial charge in [-0.2, -0.15) is 4.98 Å². The van der Waals surface area contributed by atoms with Crippen LogP contribution in [0.4, 0.5) is 4.39 Å². The monoisotopic (exact) mass is 170 g/mol. The average Bonchev–Trinajstić information content (AvgIpc) is 2.77. The second-order valence-electron chi connectivity index (χ2n) is 2.99. The minimum atomic E-state index is -0.537. The van der Waals surface area contributed by atoms with Crippen LogP contribution >= 0.6 is 0 Å². The number of rotatable bonds is 3. The second kappa shape index (κ2) is 2.36. The highest BCUT2D eigenvalue weighted by Crippen LogP contribution is 2.46. The summed E-state index contributed by atoms with van der Waals surface area (Å²) in [4.78, 5) is 13.9. The molecule has 0 aliphatic heterocycles. The molecule has 1 aliphatic carbocycles. The van der Waals surface area contributed by atoms with Crippen LogP contribution in [0, 0.1) is 0 Å². The van der Waals surface area contributed by atoms with Gasteiger partial charge >= 0.3 is 0 Å². The van der Waals surface area contributed by atoms with E-state index < -0.39 is 12.1 Å². The fourth-order valence-electron chi connectivity index (χ4n) is 1.07. The molecule has 2 rings (SSSR count). The predicted octanol–water partition coefficient (Wildman–Crippen LogP) is 0.883. The first-order chi connectivity index (χ1) is 5.80. The molecule has 1 aromatic heterocycles. The first kappa shape index (κ1) is 7.39. The van der Waals surface area contributed by atoms with Crippen molar-refractivity contribution in [3.05, 3.63) is 11.7 Å². The Balaban J connectivity index is 2.28. The molecule has 0 amide bonds. The summed E-state index contributed by atoms with van der Waals surface area (Å²) in [6.07, 6.45) is 1.94. The fourth-order valence-corrected chi connectivity index (χ4v) is 1.07. The van der Waals surface area contributed by atoms with E-state index in [-0.39, 0.29) is 5.89 Å². The maximum Gasteiger partial charge on any atom is 0.290 e. The lowest BCUT2D eigenvalue weighted by Gasteiger charge is -2.00. The van der Waals surface area contributed by atoms with Crippen molar-refractivity contribution >= 4 is 6.29 Å². The van der Waals surface area contributed by atoms with Crippen molar-refractivity contribution in [1.82, 2.24) is 10.1 Å². The molecule has 64 valence electrons. The van der Waals surface area contributed by atoms with E-state index in [1.54, 1.807) is 0 Å². The van der Waals surface area contributed by atoms with Crippen molar-refractivity contribution in [3.63, 3.8) is 0 Å². The van der Waals surface area contributed by atoms with Gasteiger partial charge in [0.25, 0.3) is 5.89 Å². The van der Waals surface area contributed by atoms with Crippen LogP contribution in [0.25, 0.3) is 0 Å². The average molecular weight is 170 g/mol. The number of aldehydes is 1. The molecular formula is C7H7FN2O2. The van der Waals surface area contributed by atoms with E-state index in [1.807, 2.05) is 0 Å². The fraction of sp³-hybridized carbons (Fsp3) is 0.571.